The molecule has 2 aliphatic rings. The largest absolute Gasteiger partial charge is 0.480 e. The van der Waals surface area contributed by atoms with Gasteiger partial charge in [0, 0.05) is 27.7 Å². The molecule has 21 nitrogen and oxygen atoms in total. The van der Waals surface area contributed by atoms with Crippen LogP contribution >= 0.6 is 0 Å². The summed E-state index contributed by atoms with van der Waals surface area (Å²) in [6.07, 6.45) is 1.62. The van der Waals surface area contributed by atoms with E-state index in [1.165, 1.54) is 44.2 Å². The second kappa shape index (κ2) is 26.7. The zero-order chi connectivity index (χ0) is 55.3. The minimum atomic E-state index is -1.87. The van der Waals surface area contributed by atoms with Crippen LogP contribution in [-0.4, -0.2) is 142 Å². The number of carbonyl (C=O) groups excluding carboxylic acids is 8. The molecule has 75 heavy (non-hydrogen) atoms. The molecule has 406 valence electrons. The van der Waals surface area contributed by atoms with Crippen molar-refractivity contribution in [3.63, 3.8) is 0 Å². The number of nitrogens with zero attached hydrogens (tertiary/aromatic N) is 4. The van der Waals surface area contributed by atoms with E-state index in [0.29, 0.717) is 24.8 Å². The number of primary amides is 1. The predicted molar refractivity (Wildman–Crippen MR) is 273 cm³/mol. The SMILES string of the molecule is CC[C@@H](C)[C@@H]1C(=O)N(C)[C@@H]([C@@H](C)CC)C(=O)N[C@@H](CC(N)=O)C(=O)N2CCC[C@H]2C(=O)N[C@@H]([C@H](OC)c2ccccc2)C(=O)O[C@@H](c2coc([C@@H](C)C=Cc3ccccc3)n2)[C@@H](C)C(=O)N[C@@H](C(=O)O)CC(=O)N1C. The van der Waals surface area contributed by atoms with Crippen LogP contribution in [0.1, 0.15) is 121 Å². The molecule has 2 saturated heterocycles. The molecule has 2 fully saturated rings. The molecule has 5 rings (SSSR count). The van der Waals surface area contributed by atoms with E-state index in [1.807, 2.05) is 42.5 Å². The van der Waals surface area contributed by atoms with E-state index in [1.54, 1.807) is 65.0 Å². The molecule has 2 aromatic carbocycles. The second-order valence-corrected chi connectivity index (χ2v) is 19.5. The van der Waals surface area contributed by atoms with Crippen molar-refractivity contribution in [1.82, 2.24) is 35.6 Å². The first-order chi connectivity index (χ1) is 35.6. The summed E-state index contributed by atoms with van der Waals surface area (Å²) in [6.45, 7) is 10.2. The second-order valence-electron chi connectivity index (χ2n) is 19.5. The molecule has 3 heterocycles. The van der Waals surface area contributed by atoms with Gasteiger partial charge in [0.15, 0.2) is 12.1 Å². The number of aliphatic carboxylic acids is 1. The number of carboxylic acids is 1. The number of carboxylic acid groups (broad SMARTS) is 1. The van der Waals surface area contributed by atoms with Crippen LogP contribution in [0.2, 0.25) is 0 Å². The summed E-state index contributed by atoms with van der Waals surface area (Å²) in [7, 11) is 4.00. The normalized spacial score (nSPS) is 25.9. The minimum Gasteiger partial charge on any atom is -0.480 e. The topological polar surface area (TPSA) is 290 Å². The van der Waals surface area contributed by atoms with Gasteiger partial charge in [0.2, 0.25) is 47.2 Å². The van der Waals surface area contributed by atoms with Crippen molar-refractivity contribution in [2.24, 2.45) is 23.5 Å². The maximum absolute atomic E-state index is 15.0. The fraction of sp³-hybridized carbons (Fsp3) is 0.519. The van der Waals surface area contributed by atoms with E-state index in [2.05, 4.69) is 20.9 Å². The molecule has 21 heteroatoms. The first-order valence-electron chi connectivity index (χ1n) is 25.3. The molecule has 1 aromatic heterocycles. The summed E-state index contributed by atoms with van der Waals surface area (Å²) in [6, 6.07) is 8.89. The number of fused-ring (bicyclic) bond motifs is 1. The van der Waals surface area contributed by atoms with Crippen LogP contribution in [-0.2, 0) is 52.6 Å². The Morgan fingerprint density at radius 2 is 1.48 bits per heavy atom. The number of cyclic esters (lactones) is 1. The highest BCUT2D eigenvalue weighted by Crippen LogP contribution is 2.32. The molecular weight excluding hydrogens is 969 g/mol. The van der Waals surface area contributed by atoms with Gasteiger partial charge in [-0.05, 0) is 42.7 Å². The first-order valence-corrected chi connectivity index (χ1v) is 25.3. The summed E-state index contributed by atoms with van der Waals surface area (Å²) >= 11 is 0. The molecule has 0 unspecified atom stereocenters. The lowest BCUT2D eigenvalue weighted by Gasteiger charge is -2.39. The van der Waals surface area contributed by atoms with Gasteiger partial charge in [-0.1, -0.05) is 120 Å². The molecule has 0 spiro atoms. The van der Waals surface area contributed by atoms with Crippen LogP contribution in [0, 0.1) is 17.8 Å². The Labute approximate surface area is 437 Å². The molecule has 0 saturated carbocycles. The number of carbonyl (C=O) groups is 9. The molecule has 6 N–H and O–H groups in total. The number of esters is 1. The molecule has 0 radical (unpaired) electrons. The molecular formula is C54H72N8O13. The summed E-state index contributed by atoms with van der Waals surface area (Å²) in [4.78, 5) is 136. The van der Waals surface area contributed by atoms with Crippen LogP contribution in [0.5, 0.6) is 0 Å². The Balaban J connectivity index is 1.67. The van der Waals surface area contributed by atoms with Crippen molar-refractivity contribution < 1.29 is 62.1 Å². The van der Waals surface area contributed by atoms with Crippen LogP contribution < -0.4 is 21.7 Å². The van der Waals surface area contributed by atoms with Gasteiger partial charge in [-0.2, -0.15) is 0 Å². The monoisotopic (exact) mass is 1040 g/mol. The van der Waals surface area contributed by atoms with Crippen molar-refractivity contribution >= 4 is 59.4 Å². The average Bonchev–Trinajstić information content (AvgIpc) is 4.10. The number of benzene rings is 2. The zero-order valence-electron chi connectivity index (χ0n) is 44.1. The van der Waals surface area contributed by atoms with Crippen molar-refractivity contribution in [3.05, 3.63) is 95.7 Å². The van der Waals surface area contributed by atoms with Gasteiger partial charge in [-0.3, -0.25) is 33.6 Å². The summed E-state index contributed by atoms with van der Waals surface area (Å²) in [5, 5.41) is 18.3. The highest BCUT2D eigenvalue weighted by molar-refractivity contribution is 5.98. The Morgan fingerprint density at radius 3 is 2.08 bits per heavy atom. The number of nitrogens with one attached hydrogen (secondary N) is 3. The number of hydrogen-bond acceptors (Lipinski definition) is 13. The number of ether oxygens (including phenoxy) is 2. The highest BCUT2D eigenvalue weighted by Gasteiger charge is 2.46. The predicted octanol–water partition coefficient (Wildman–Crippen LogP) is 3.65. The number of likely N-dealkylation sites (N-methyl/N-ethyl adjacent to an activating group) is 2. The van der Waals surface area contributed by atoms with Crippen LogP contribution in [0.15, 0.2) is 77.4 Å². The number of oxazole rings is 1. The molecule has 3 aromatic rings. The number of amides is 7. The Hall–Kier alpha value is -7.42. The molecule has 0 bridgehead atoms. The molecule has 0 aliphatic carbocycles. The van der Waals surface area contributed by atoms with Gasteiger partial charge in [0.1, 0.15) is 48.3 Å². The van der Waals surface area contributed by atoms with Gasteiger partial charge in [0.05, 0.1) is 24.7 Å². The Morgan fingerprint density at radius 1 is 0.853 bits per heavy atom. The Kier molecular flexibility index (Phi) is 20.8. The summed E-state index contributed by atoms with van der Waals surface area (Å²) in [5.74, 6) is -11.5. The molecule has 12 atom stereocenters. The third-order valence-electron chi connectivity index (χ3n) is 14.3. The number of aromatic nitrogens is 1. The number of allylic oxidation sites excluding steroid dienone is 1. The quantitative estimate of drug-likeness (QED) is 0.144. The molecule has 7 amide bonds. The maximum Gasteiger partial charge on any atom is 0.332 e. The lowest BCUT2D eigenvalue weighted by Crippen LogP contribution is -2.61. The maximum atomic E-state index is 15.0. The lowest BCUT2D eigenvalue weighted by molar-refractivity contribution is -0.163. The molecule has 2 aliphatic heterocycles. The third-order valence-corrected chi connectivity index (χ3v) is 14.3. The Bertz CT molecular complexity index is 2540. The zero-order valence-corrected chi connectivity index (χ0v) is 44.1. The third kappa shape index (κ3) is 14.5. The summed E-state index contributed by atoms with van der Waals surface area (Å²) in [5.41, 5.74) is 6.92. The van der Waals surface area contributed by atoms with Gasteiger partial charge in [0.25, 0.3) is 0 Å². The van der Waals surface area contributed by atoms with Crippen LogP contribution in [0.3, 0.4) is 0 Å². The summed E-state index contributed by atoms with van der Waals surface area (Å²) < 4.78 is 18.0. The van der Waals surface area contributed by atoms with Gasteiger partial charge in [-0.25, -0.2) is 14.6 Å². The minimum absolute atomic E-state index is 0.00712. The van der Waals surface area contributed by atoms with Crippen molar-refractivity contribution in [2.75, 3.05) is 27.7 Å². The van der Waals surface area contributed by atoms with E-state index >= 15 is 0 Å². The van der Waals surface area contributed by atoms with Crippen molar-refractivity contribution in [2.45, 2.75) is 134 Å². The van der Waals surface area contributed by atoms with E-state index < -0.39 is 138 Å². The average molecular weight is 1040 g/mol. The van der Waals surface area contributed by atoms with E-state index in [9.17, 15) is 48.3 Å². The van der Waals surface area contributed by atoms with Gasteiger partial charge < -0.3 is 55.4 Å². The van der Waals surface area contributed by atoms with Gasteiger partial charge >= 0.3 is 11.9 Å². The fourth-order valence-electron chi connectivity index (χ4n) is 9.45. The standard InChI is InChI=1S/C54H72N8O13/c1-10-30(3)43-49(67)56-36(27-40(55)63)51(68)62-26-18-23-39(62)48(66)59-42(46(73-9)35-21-16-13-17-22-35)54(72)75-45(38-29-74-50(58-38)32(5)24-25-34-19-14-12-15-20-34)33(6)47(65)57-37(53(70)71)28-41(64)60(7)44(31(4)11-2)52(69)61(43)8/h12-17,19-22,24-25,29-33,36-37,39,42-46H,10-11,18,23,26-28H2,1-9H3,(H2,55,63)(H,56,67)(H,57,65)(H,59,66)(H,70,71)/t30-,31+,32-,33+,36-,37+,39-,42-,43-,44+,45+,46+/m0/s1. The first kappa shape index (κ1) is 58.5. The lowest BCUT2D eigenvalue weighted by atomic mass is 9.92. The van der Waals surface area contributed by atoms with E-state index in [0.717, 1.165) is 10.5 Å². The fourth-order valence-corrected chi connectivity index (χ4v) is 9.45. The number of hydrogen-bond donors (Lipinski definition) is 5. The van der Waals surface area contributed by atoms with Crippen LogP contribution in [0.4, 0.5) is 0 Å². The number of nitrogens with two attached hydrogens (primary N) is 1. The number of rotatable bonds is 14. The highest BCUT2D eigenvalue weighted by atomic mass is 16.6. The van der Waals surface area contributed by atoms with Crippen LogP contribution in [0.25, 0.3) is 6.08 Å². The van der Waals surface area contributed by atoms with E-state index in [4.69, 9.17) is 19.6 Å². The van der Waals surface area contributed by atoms with E-state index in [-0.39, 0.29) is 24.6 Å². The van der Waals surface area contributed by atoms with Crippen molar-refractivity contribution in [3.8, 4) is 0 Å². The number of methoxy groups -OCH3 is 1. The van der Waals surface area contributed by atoms with Crippen molar-refractivity contribution in [1.29, 1.82) is 0 Å². The van der Waals surface area contributed by atoms with Gasteiger partial charge in [-0.15, -0.1) is 0 Å². The smallest absolute Gasteiger partial charge is 0.332 e.